The van der Waals surface area contributed by atoms with Crippen molar-refractivity contribution < 1.29 is 9.47 Å². The van der Waals surface area contributed by atoms with E-state index in [-0.39, 0.29) is 0 Å². The second-order valence-corrected chi connectivity index (χ2v) is 4.83. The Hall–Kier alpha value is -2.46. The number of nitrogens with zero attached hydrogens (tertiary/aromatic N) is 1. The normalized spacial score (nSPS) is 10.4. The number of rotatable bonds is 4. The number of aromatic amines is 1. The largest absolute Gasteiger partial charge is 0.497 e. The molecule has 0 spiro atoms. The van der Waals surface area contributed by atoms with Crippen molar-refractivity contribution in [1.29, 1.82) is 0 Å². The maximum Gasteiger partial charge on any atom is 0.172 e. The van der Waals surface area contributed by atoms with Gasteiger partial charge in [-0.2, -0.15) is 5.10 Å². The van der Waals surface area contributed by atoms with Crippen LogP contribution >= 0.6 is 11.6 Å². The molecule has 106 valence electrons. The summed E-state index contributed by atoms with van der Waals surface area (Å²) in [5.74, 6) is 2.15. The molecule has 0 radical (unpaired) electrons. The van der Waals surface area contributed by atoms with Gasteiger partial charge in [0.2, 0.25) is 0 Å². The number of aromatic nitrogens is 2. The number of hydrogen-bond donors (Lipinski definition) is 1. The highest BCUT2D eigenvalue weighted by atomic mass is 35.5. The van der Waals surface area contributed by atoms with Gasteiger partial charge >= 0.3 is 0 Å². The fourth-order valence-electron chi connectivity index (χ4n) is 1.95. The Morgan fingerprint density at radius 1 is 0.952 bits per heavy atom. The standard InChI is InChI=1S/C16H13ClN2O2/c1-20-13-6-8-14(9-7-13)21-15-10-18-19-16(15)11-2-4-12(17)5-3-11/h2-10H,1H3,(H,18,19). The first-order chi connectivity index (χ1) is 10.3. The molecule has 0 saturated heterocycles. The zero-order valence-corrected chi connectivity index (χ0v) is 12.1. The molecule has 21 heavy (non-hydrogen) atoms. The lowest BCUT2D eigenvalue weighted by molar-refractivity contribution is 0.413. The topological polar surface area (TPSA) is 47.1 Å². The molecule has 5 heteroatoms. The van der Waals surface area contributed by atoms with Gasteiger partial charge in [-0.1, -0.05) is 23.7 Å². The highest BCUT2D eigenvalue weighted by Gasteiger charge is 2.10. The number of H-pyrrole nitrogens is 1. The summed E-state index contributed by atoms with van der Waals surface area (Å²) in [5, 5.41) is 7.68. The van der Waals surface area contributed by atoms with Gasteiger partial charge in [0.1, 0.15) is 17.2 Å². The van der Waals surface area contributed by atoms with Crippen molar-refractivity contribution in [3.8, 4) is 28.5 Å². The summed E-state index contributed by atoms with van der Waals surface area (Å²) in [4.78, 5) is 0. The highest BCUT2D eigenvalue weighted by molar-refractivity contribution is 6.30. The number of nitrogens with one attached hydrogen (secondary N) is 1. The molecule has 3 aromatic rings. The quantitative estimate of drug-likeness (QED) is 0.770. The molecule has 0 bridgehead atoms. The van der Waals surface area contributed by atoms with Crippen LogP contribution in [0.3, 0.4) is 0 Å². The van der Waals surface area contributed by atoms with E-state index in [1.165, 1.54) is 0 Å². The molecule has 0 fully saturated rings. The molecule has 0 atom stereocenters. The average molecular weight is 301 g/mol. The molecule has 4 nitrogen and oxygen atoms in total. The summed E-state index contributed by atoms with van der Waals surface area (Å²) in [6.07, 6.45) is 1.65. The van der Waals surface area contributed by atoms with E-state index in [1.54, 1.807) is 13.3 Å². The second kappa shape index (κ2) is 5.89. The Bertz CT molecular complexity index is 721. The van der Waals surface area contributed by atoms with Crippen molar-refractivity contribution in [3.63, 3.8) is 0 Å². The van der Waals surface area contributed by atoms with Crippen LogP contribution < -0.4 is 9.47 Å². The monoisotopic (exact) mass is 300 g/mol. The number of benzene rings is 2. The van der Waals surface area contributed by atoms with Crippen LogP contribution in [-0.2, 0) is 0 Å². The van der Waals surface area contributed by atoms with E-state index >= 15 is 0 Å². The minimum atomic E-state index is 0.655. The van der Waals surface area contributed by atoms with Crippen molar-refractivity contribution in [1.82, 2.24) is 10.2 Å². The molecule has 1 aromatic heterocycles. The number of ether oxygens (including phenoxy) is 2. The number of halogens is 1. The Morgan fingerprint density at radius 3 is 2.29 bits per heavy atom. The summed E-state index contributed by atoms with van der Waals surface area (Å²) >= 11 is 5.90. The zero-order chi connectivity index (χ0) is 14.7. The molecule has 0 aliphatic rings. The van der Waals surface area contributed by atoms with Gasteiger partial charge in [0.15, 0.2) is 5.75 Å². The maximum atomic E-state index is 5.90. The van der Waals surface area contributed by atoms with Crippen molar-refractivity contribution in [2.24, 2.45) is 0 Å². The third-order valence-electron chi connectivity index (χ3n) is 3.02. The Kier molecular flexibility index (Phi) is 3.79. The third kappa shape index (κ3) is 3.01. The molecule has 1 heterocycles. The molecular weight excluding hydrogens is 288 g/mol. The van der Waals surface area contributed by atoms with Gasteiger partial charge in [-0.05, 0) is 36.4 Å². The van der Waals surface area contributed by atoms with Crippen LogP contribution in [0.4, 0.5) is 0 Å². The van der Waals surface area contributed by atoms with E-state index in [9.17, 15) is 0 Å². The lowest BCUT2D eigenvalue weighted by atomic mass is 10.1. The van der Waals surface area contributed by atoms with E-state index in [2.05, 4.69) is 10.2 Å². The van der Waals surface area contributed by atoms with Crippen LogP contribution in [0, 0.1) is 0 Å². The van der Waals surface area contributed by atoms with Gasteiger partial charge in [-0.3, -0.25) is 5.10 Å². The van der Waals surface area contributed by atoms with Gasteiger partial charge in [-0.15, -0.1) is 0 Å². The maximum absolute atomic E-state index is 5.90. The molecule has 3 rings (SSSR count). The van der Waals surface area contributed by atoms with Crippen LogP contribution in [-0.4, -0.2) is 17.3 Å². The van der Waals surface area contributed by atoms with Crippen LogP contribution in [0.25, 0.3) is 11.3 Å². The van der Waals surface area contributed by atoms with E-state index in [1.807, 2.05) is 48.5 Å². The Labute approximate surface area is 127 Å². The molecule has 2 aromatic carbocycles. The first kappa shape index (κ1) is 13.5. The molecule has 1 N–H and O–H groups in total. The van der Waals surface area contributed by atoms with Crippen molar-refractivity contribution >= 4 is 11.6 Å². The lowest BCUT2D eigenvalue weighted by Gasteiger charge is -2.07. The number of hydrogen-bond acceptors (Lipinski definition) is 3. The van der Waals surface area contributed by atoms with Crippen LogP contribution in [0.1, 0.15) is 0 Å². The molecule has 0 aliphatic heterocycles. The van der Waals surface area contributed by atoms with Crippen LogP contribution in [0.15, 0.2) is 54.7 Å². The minimum absolute atomic E-state index is 0.655. The minimum Gasteiger partial charge on any atom is -0.497 e. The predicted octanol–water partition coefficient (Wildman–Crippen LogP) is 4.53. The van der Waals surface area contributed by atoms with E-state index in [0.29, 0.717) is 16.5 Å². The first-order valence-electron chi connectivity index (χ1n) is 6.37. The fourth-order valence-corrected chi connectivity index (χ4v) is 2.07. The van der Waals surface area contributed by atoms with Gasteiger partial charge in [0.25, 0.3) is 0 Å². The first-order valence-corrected chi connectivity index (χ1v) is 6.75. The molecule has 0 amide bonds. The summed E-state index contributed by atoms with van der Waals surface area (Å²) in [6.45, 7) is 0. The molecule has 0 aliphatic carbocycles. The van der Waals surface area contributed by atoms with E-state index in [0.717, 1.165) is 17.0 Å². The van der Waals surface area contributed by atoms with Gasteiger partial charge in [0.05, 0.1) is 13.3 Å². The van der Waals surface area contributed by atoms with Gasteiger partial charge in [-0.25, -0.2) is 0 Å². The molecule has 0 saturated carbocycles. The Balaban J connectivity index is 1.86. The van der Waals surface area contributed by atoms with Crippen molar-refractivity contribution in [2.45, 2.75) is 0 Å². The summed E-state index contributed by atoms with van der Waals surface area (Å²) in [7, 11) is 1.63. The van der Waals surface area contributed by atoms with E-state index < -0.39 is 0 Å². The number of methoxy groups -OCH3 is 1. The second-order valence-electron chi connectivity index (χ2n) is 4.39. The molecular formula is C16H13ClN2O2. The van der Waals surface area contributed by atoms with Crippen molar-refractivity contribution in [2.75, 3.05) is 7.11 Å². The highest BCUT2D eigenvalue weighted by Crippen LogP contribution is 2.32. The van der Waals surface area contributed by atoms with Gasteiger partial charge < -0.3 is 9.47 Å². The summed E-state index contributed by atoms with van der Waals surface area (Å²) in [6, 6.07) is 14.9. The van der Waals surface area contributed by atoms with E-state index in [4.69, 9.17) is 21.1 Å². The summed E-state index contributed by atoms with van der Waals surface area (Å²) < 4.78 is 11.0. The van der Waals surface area contributed by atoms with Crippen LogP contribution in [0.2, 0.25) is 5.02 Å². The predicted molar refractivity (Wildman–Crippen MR) is 82.1 cm³/mol. The smallest absolute Gasteiger partial charge is 0.172 e. The lowest BCUT2D eigenvalue weighted by Crippen LogP contribution is -1.87. The molecule has 0 unspecified atom stereocenters. The SMILES string of the molecule is COc1ccc(Oc2cn[nH]c2-c2ccc(Cl)cc2)cc1. The Morgan fingerprint density at radius 2 is 1.62 bits per heavy atom. The fraction of sp³-hybridized carbons (Fsp3) is 0.0625. The zero-order valence-electron chi connectivity index (χ0n) is 11.3. The van der Waals surface area contributed by atoms with Crippen molar-refractivity contribution in [3.05, 3.63) is 59.8 Å². The van der Waals surface area contributed by atoms with Crippen LogP contribution in [0.5, 0.6) is 17.2 Å². The average Bonchev–Trinajstić information content (AvgIpc) is 2.97. The summed E-state index contributed by atoms with van der Waals surface area (Å²) in [5.41, 5.74) is 1.77. The van der Waals surface area contributed by atoms with Gasteiger partial charge in [0, 0.05) is 10.6 Å². The third-order valence-corrected chi connectivity index (χ3v) is 3.28.